The van der Waals surface area contributed by atoms with Crippen molar-refractivity contribution >= 4 is 48.5 Å². The van der Waals surface area contributed by atoms with E-state index in [1.165, 1.54) is 0 Å². The first-order valence-electron chi connectivity index (χ1n) is 4.82. The van der Waals surface area contributed by atoms with Crippen LogP contribution in [0.2, 0.25) is 0 Å². The molecule has 0 aliphatic carbocycles. The van der Waals surface area contributed by atoms with Crippen LogP contribution in [-0.4, -0.2) is 21.9 Å². The van der Waals surface area contributed by atoms with Gasteiger partial charge >= 0.3 is 7.75 Å². The van der Waals surface area contributed by atoms with Gasteiger partial charge in [-0.25, -0.2) is 4.57 Å². The number of hydrogen-bond donors (Lipinski definition) is 1. The molecular formula is C8H15Cl3NO4P. The summed E-state index contributed by atoms with van der Waals surface area (Å²) >= 11 is 16.0. The number of amides is 1. The molecule has 0 saturated carbocycles. The van der Waals surface area contributed by atoms with Crippen LogP contribution < -0.4 is 5.09 Å². The van der Waals surface area contributed by atoms with Crippen LogP contribution in [0.5, 0.6) is 0 Å². The summed E-state index contributed by atoms with van der Waals surface area (Å²) in [5, 5.41) is 1.97. The van der Waals surface area contributed by atoms with Gasteiger partial charge in [-0.1, -0.05) is 34.8 Å². The standard InChI is InChI=1S/C8H15Cl3NO4P/c1-5(2)15-17(14,16-6(3)4)12-7(13)8(9,10)11/h5-6H,1-4H3,(H,12,13,14). The first-order chi connectivity index (χ1) is 7.46. The summed E-state index contributed by atoms with van der Waals surface area (Å²) < 4.78 is 20.0. The lowest BCUT2D eigenvalue weighted by molar-refractivity contribution is -0.119. The van der Waals surface area contributed by atoms with Crippen LogP contribution in [0.1, 0.15) is 27.7 Å². The zero-order valence-electron chi connectivity index (χ0n) is 9.87. The van der Waals surface area contributed by atoms with Gasteiger partial charge in [-0.2, -0.15) is 0 Å². The van der Waals surface area contributed by atoms with E-state index in [1.807, 2.05) is 5.09 Å². The van der Waals surface area contributed by atoms with Gasteiger partial charge in [0.05, 0.1) is 12.2 Å². The molecule has 0 bridgehead atoms. The molecule has 0 aromatic carbocycles. The summed E-state index contributed by atoms with van der Waals surface area (Å²) in [6.07, 6.45) is -0.842. The Morgan fingerprint density at radius 1 is 1.12 bits per heavy atom. The van der Waals surface area contributed by atoms with Gasteiger partial charge in [-0.3, -0.25) is 18.9 Å². The molecule has 5 nitrogen and oxygen atoms in total. The summed E-state index contributed by atoms with van der Waals surface area (Å²) in [5.74, 6) is -1.06. The third kappa shape index (κ3) is 7.50. The van der Waals surface area contributed by atoms with Crippen molar-refractivity contribution in [3.8, 4) is 0 Å². The molecule has 0 saturated heterocycles. The minimum Gasteiger partial charge on any atom is -0.289 e. The lowest BCUT2D eigenvalue weighted by Crippen LogP contribution is -2.34. The molecule has 0 heterocycles. The van der Waals surface area contributed by atoms with Crippen LogP contribution in [0.4, 0.5) is 0 Å². The molecule has 0 unspecified atom stereocenters. The van der Waals surface area contributed by atoms with Gasteiger partial charge in [0.1, 0.15) is 0 Å². The fourth-order valence-corrected chi connectivity index (χ4v) is 2.84. The third-order valence-corrected chi connectivity index (χ3v) is 3.59. The number of carbonyl (C=O) groups is 1. The average Bonchev–Trinajstić information content (AvgIpc) is 1.96. The van der Waals surface area contributed by atoms with Gasteiger partial charge in [-0.05, 0) is 27.7 Å². The van der Waals surface area contributed by atoms with E-state index in [2.05, 4.69) is 0 Å². The Balaban J connectivity index is 4.83. The number of rotatable bonds is 5. The fourth-order valence-electron chi connectivity index (χ4n) is 0.820. The minimum absolute atomic E-state index is 0.421. The number of halogens is 3. The fraction of sp³-hybridized carbons (Fsp3) is 0.875. The third-order valence-electron chi connectivity index (χ3n) is 1.20. The number of carbonyl (C=O) groups excluding carboxylic acids is 1. The molecule has 1 N–H and O–H groups in total. The Morgan fingerprint density at radius 2 is 1.47 bits per heavy atom. The van der Waals surface area contributed by atoms with Crippen molar-refractivity contribution in [3.05, 3.63) is 0 Å². The summed E-state index contributed by atoms with van der Waals surface area (Å²) in [5.41, 5.74) is 0. The number of alkyl halides is 3. The second kappa shape index (κ2) is 6.60. The summed E-state index contributed by atoms with van der Waals surface area (Å²) in [7, 11) is -3.84. The highest BCUT2D eigenvalue weighted by Gasteiger charge is 2.38. The van der Waals surface area contributed by atoms with E-state index in [4.69, 9.17) is 43.9 Å². The van der Waals surface area contributed by atoms with Crippen LogP contribution in [-0.2, 0) is 18.4 Å². The van der Waals surface area contributed by atoms with Crippen LogP contribution in [0, 0.1) is 0 Å². The highest BCUT2D eigenvalue weighted by atomic mass is 35.6. The predicted molar refractivity (Wildman–Crippen MR) is 68.5 cm³/mol. The van der Waals surface area contributed by atoms with Crippen molar-refractivity contribution in [1.29, 1.82) is 0 Å². The van der Waals surface area contributed by atoms with Crippen molar-refractivity contribution in [1.82, 2.24) is 5.09 Å². The second-order valence-corrected chi connectivity index (χ2v) is 7.67. The van der Waals surface area contributed by atoms with Crippen LogP contribution in [0.25, 0.3) is 0 Å². The van der Waals surface area contributed by atoms with E-state index in [9.17, 15) is 9.36 Å². The maximum atomic E-state index is 12.1. The monoisotopic (exact) mass is 325 g/mol. The molecular weight excluding hydrogens is 311 g/mol. The Bertz CT molecular complexity index is 302. The average molecular weight is 327 g/mol. The van der Waals surface area contributed by atoms with Crippen molar-refractivity contribution < 1.29 is 18.4 Å². The van der Waals surface area contributed by atoms with Gasteiger partial charge in [0, 0.05) is 0 Å². The van der Waals surface area contributed by atoms with Crippen molar-refractivity contribution in [2.24, 2.45) is 0 Å². The van der Waals surface area contributed by atoms with E-state index in [-0.39, 0.29) is 0 Å². The van der Waals surface area contributed by atoms with E-state index in [1.54, 1.807) is 27.7 Å². The highest BCUT2D eigenvalue weighted by Crippen LogP contribution is 2.47. The summed E-state index contributed by atoms with van der Waals surface area (Å²) in [4.78, 5) is 11.4. The van der Waals surface area contributed by atoms with Gasteiger partial charge < -0.3 is 0 Å². The van der Waals surface area contributed by atoms with Crippen molar-refractivity contribution in [2.45, 2.75) is 43.7 Å². The smallest absolute Gasteiger partial charge is 0.289 e. The van der Waals surface area contributed by atoms with E-state index in [0.717, 1.165) is 0 Å². The van der Waals surface area contributed by atoms with Gasteiger partial charge in [-0.15, -0.1) is 0 Å². The maximum absolute atomic E-state index is 12.1. The van der Waals surface area contributed by atoms with Gasteiger partial charge in [0.2, 0.25) is 0 Å². The molecule has 0 aliphatic rings. The minimum atomic E-state index is -3.84. The second-order valence-electron chi connectivity index (χ2n) is 3.74. The molecule has 0 atom stereocenters. The van der Waals surface area contributed by atoms with Crippen LogP contribution >= 0.6 is 42.5 Å². The number of hydrogen-bond acceptors (Lipinski definition) is 4. The van der Waals surface area contributed by atoms with E-state index >= 15 is 0 Å². The highest BCUT2D eigenvalue weighted by molar-refractivity contribution is 7.52. The van der Waals surface area contributed by atoms with Crippen molar-refractivity contribution in [3.63, 3.8) is 0 Å². The van der Waals surface area contributed by atoms with Crippen LogP contribution in [0.15, 0.2) is 0 Å². The SMILES string of the molecule is CC(C)OP(=O)(NC(=O)C(Cl)(Cl)Cl)OC(C)C. The molecule has 102 valence electrons. The first kappa shape index (κ1) is 17.5. The quantitative estimate of drug-likeness (QED) is 0.621. The predicted octanol–water partition coefficient (Wildman–Crippen LogP) is 3.43. The molecule has 0 spiro atoms. The Hall–Kier alpha value is 0.490. The summed E-state index contributed by atoms with van der Waals surface area (Å²) in [6, 6.07) is 0. The molecule has 1 amide bonds. The normalized spacial score (nSPS) is 13.2. The molecule has 9 heteroatoms. The zero-order chi connectivity index (χ0) is 13.9. The zero-order valence-corrected chi connectivity index (χ0v) is 13.0. The van der Waals surface area contributed by atoms with Crippen LogP contribution in [0.3, 0.4) is 0 Å². The van der Waals surface area contributed by atoms with Gasteiger partial charge in [0.15, 0.2) is 0 Å². The van der Waals surface area contributed by atoms with Crippen molar-refractivity contribution in [2.75, 3.05) is 0 Å². The molecule has 0 aliphatic heterocycles. The number of nitrogens with one attached hydrogen (secondary N) is 1. The van der Waals surface area contributed by atoms with E-state index in [0.29, 0.717) is 0 Å². The first-order valence-corrected chi connectivity index (χ1v) is 7.50. The lowest BCUT2D eigenvalue weighted by Gasteiger charge is -2.24. The molecule has 0 radical (unpaired) electrons. The lowest BCUT2D eigenvalue weighted by atomic mass is 10.5. The largest absolute Gasteiger partial charge is 0.435 e. The summed E-state index contributed by atoms with van der Waals surface area (Å²) in [6.45, 7) is 6.55. The molecule has 0 aromatic rings. The molecule has 0 rings (SSSR count). The maximum Gasteiger partial charge on any atom is 0.435 e. The molecule has 0 fully saturated rings. The van der Waals surface area contributed by atoms with E-state index < -0.39 is 29.7 Å². The Kier molecular flexibility index (Phi) is 6.79. The molecule has 0 aromatic heterocycles. The topological polar surface area (TPSA) is 64.6 Å². The Morgan fingerprint density at radius 3 is 1.71 bits per heavy atom. The molecule has 17 heavy (non-hydrogen) atoms. The Labute approximate surface area is 116 Å². The van der Waals surface area contributed by atoms with Gasteiger partial charge in [0.25, 0.3) is 9.70 Å².